The molecule has 0 saturated carbocycles. The van der Waals surface area contributed by atoms with Crippen LogP contribution >= 0.6 is 11.3 Å². The minimum absolute atomic E-state index is 0.131. The zero-order valence-electron chi connectivity index (χ0n) is 12.6. The van der Waals surface area contributed by atoms with E-state index in [9.17, 15) is 4.79 Å². The molecule has 2 aromatic rings. The van der Waals surface area contributed by atoms with Crippen LogP contribution in [0.3, 0.4) is 0 Å². The zero-order valence-corrected chi connectivity index (χ0v) is 13.5. The maximum Gasteiger partial charge on any atom is 0.264 e. The number of carbonyl (C=O) groups excluding carboxylic acids is 1. The molecule has 2 N–H and O–H groups in total. The lowest BCUT2D eigenvalue weighted by molar-refractivity contribution is 0.0747. The maximum atomic E-state index is 12.8. The predicted octanol–water partition coefficient (Wildman–Crippen LogP) is 3.95. The van der Waals surface area contributed by atoms with Crippen LogP contribution in [0.4, 0.5) is 5.69 Å². The van der Waals surface area contributed by atoms with E-state index in [1.165, 1.54) is 11.3 Å². The summed E-state index contributed by atoms with van der Waals surface area (Å²) >= 11 is 1.53. The van der Waals surface area contributed by atoms with E-state index in [-0.39, 0.29) is 5.91 Å². The van der Waals surface area contributed by atoms with Crippen LogP contribution in [0.1, 0.15) is 41.1 Å². The van der Waals surface area contributed by atoms with Gasteiger partial charge in [-0.05, 0) is 47.5 Å². The molecular formula is C17H22N2OS. The smallest absolute Gasteiger partial charge is 0.264 e. The Balaban J connectivity index is 2.20. The van der Waals surface area contributed by atoms with Crippen LogP contribution in [0.2, 0.25) is 0 Å². The first-order valence-corrected chi connectivity index (χ1v) is 8.23. The Morgan fingerprint density at radius 3 is 2.76 bits per heavy atom. The number of hydrogen-bond acceptors (Lipinski definition) is 3. The third-order valence-electron chi connectivity index (χ3n) is 3.43. The first kappa shape index (κ1) is 15.6. The number of thiophene rings is 1. The number of anilines is 1. The second kappa shape index (κ2) is 7.27. The highest BCUT2D eigenvalue weighted by Gasteiger charge is 2.19. The molecule has 1 aromatic heterocycles. The number of hydrogen-bond donors (Lipinski definition) is 1. The van der Waals surface area contributed by atoms with Crippen LogP contribution in [0.25, 0.3) is 0 Å². The molecule has 0 atom stereocenters. The molecule has 1 heterocycles. The van der Waals surface area contributed by atoms with Gasteiger partial charge in [0.25, 0.3) is 5.91 Å². The molecule has 2 rings (SSSR count). The maximum absolute atomic E-state index is 12.8. The number of amides is 1. The summed E-state index contributed by atoms with van der Waals surface area (Å²) in [7, 11) is 0. The minimum Gasteiger partial charge on any atom is -0.399 e. The summed E-state index contributed by atoms with van der Waals surface area (Å²) in [6, 6.07) is 9.79. The van der Waals surface area contributed by atoms with Gasteiger partial charge in [0.15, 0.2) is 0 Å². The Labute approximate surface area is 130 Å². The highest BCUT2D eigenvalue weighted by Crippen LogP contribution is 2.21. The Morgan fingerprint density at radius 2 is 2.10 bits per heavy atom. The molecule has 0 spiro atoms. The van der Waals surface area contributed by atoms with E-state index in [0.717, 1.165) is 41.1 Å². The topological polar surface area (TPSA) is 46.3 Å². The van der Waals surface area contributed by atoms with Gasteiger partial charge in [0.2, 0.25) is 0 Å². The number of benzene rings is 1. The first-order valence-electron chi connectivity index (χ1n) is 7.35. The van der Waals surface area contributed by atoms with Gasteiger partial charge in [-0.15, -0.1) is 11.3 Å². The largest absolute Gasteiger partial charge is 0.399 e. The summed E-state index contributed by atoms with van der Waals surface area (Å²) in [5.41, 5.74) is 8.77. The lowest BCUT2D eigenvalue weighted by Crippen LogP contribution is -2.31. The molecule has 1 amide bonds. The summed E-state index contributed by atoms with van der Waals surface area (Å²) in [5.74, 6) is 0.131. The van der Waals surface area contributed by atoms with Crippen LogP contribution in [-0.2, 0) is 13.0 Å². The molecule has 0 aliphatic rings. The average Bonchev–Trinajstić information content (AvgIpc) is 2.94. The highest BCUT2D eigenvalue weighted by molar-refractivity contribution is 7.12. The molecule has 0 saturated heterocycles. The van der Waals surface area contributed by atoms with E-state index in [4.69, 9.17) is 5.73 Å². The third kappa shape index (κ3) is 3.85. The number of nitrogens with zero attached hydrogens (tertiary/aromatic N) is 1. The quantitative estimate of drug-likeness (QED) is 0.821. The molecule has 0 unspecified atom stereocenters. The monoisotopic (exact) mass is 302 g/mol. The van der Waals surface area contributed by atoms with Gasteiger partial charge in [-0.25, -0.2) is 0 Å². The van der Waals surface area contributed by atoms with Gasteiger partial charge >= 0.3 is 0 Å². The van der Waals surface area contributed by atoms with E-state index in [0.29, 0.717) is 6.54 Å². The van der Waals surface area contributed by atoms with Gasteiger partial charge in [-0.1, -0.05) is 26.0 Å². The van der Waals surface area contributed by atoms with E-state index < -0.39 is 0 Å². The molecule has 21 heavy (non-hydrogen) atoms. The van der Waals surface area contributed by atoms with Gasteiger partial charge in [-0.3, -0.25) is 4.79 Å². The first-order chi connectivity index (χ1) is 10.2. The lowest BCUT2D eigenvalue weighted by Gasteiger charge is -2.22. The van der Waals surface area contributed by atoms with Gasteiger partial charge in [0.1, 0.15) is 0 Å². The second-order valence-electron chi connectivity index (χ2n) is 5.10. The highest BCUT2D eigenvalue weighted by atomic mass is 32.1. The van der Waals surface area contributed by atoms with Crippen LogP contribution in [0, 0.1) is 0 Å². The van der Waals surface area contributed by atoms with Crippen molar-refractivity contribution < 1.29 is 4.79 Å². The van der Waals surface area contributed by atoms with Gasteiger partial charge < -0.3 is 10.6 Å². The number of aryl methyl sites for hydroxylation is 1. The Kier molecular flexibility index (Phi) is 5.39. The third-order valence-corrected chi connectivity index (χ3v) is 4.37. The minimum atomic E-state index is 0.131. The van der Waals surface area contributed by atoms with Crippen molar-refractivity contribution in [3.63, 3.8) is 0 Å². The fraction of sp³-hybridized carbons (Fsp3) is 0.353. The number of nitrogens with two attached hydrogens (primary N) is 1. The lowest BCUT2D eigenvalue weighted by atomic mass is 10.1. The molecule has 4 heteroatoms. The van der Waals surface area contributed by atoms with Crippen molar-refractivity contribution in [1.29, 1.82) is 0 Å². The standard InChI is InChI=1S/C17H22N2OS/c1-3-9-19(12-13-6-5-7-15(18)11-13)17(20)16-14(4-2)8-10-21-16/h5-8,10-11H,3-4,9,12,18H2,1-2H3. The Bertz CT molecular complexity index is 606. The van der Waals surface area contributed by atoms with Crippen molar-refractivity contribution >= 4 is 22.9 Å². The number of rotatable bonds is 6. The molecule has 3 nitrogen and oxygen atoms in total. The number of nitrogen functional groups attached to an aromatic ring is 1. The van der Waals surface area contributed by atoms with Gasteiger partial charge in [0, 0.05) is 18.8 Å². The van der Waals surface area contributed by atoms with Crippen LogP contribution in [0.15, 0.2) is 35.7 Å². The van der Waals surface area contributed by atoms with Crippen LogP contribution < -0.4 is 5.73 Å². The molecule has 0 fully saturated rings. The van der Waals surface area contributed by atoms with E-state index in [1.54, 1.807) is 0 Å². The molecule has 1 aromatic carbocycles. The van der Waals surface area contributed by atoms with E-state index in [2.05, 4.69) is 13.8 Å². The van der Waals surface area contributed by atoms with Gasteiger partial charge in [-0.2, -0.15) is 0 Å². The molecule has 112 valence electrons. The summed E-state index contributed by atoms with van der Waals surface area (Å²) in [6.07, 6.45) is 1.84. The summed E-state index contributed by atoms with van der Waals surface area (Å²) in [6.45, 7) is 5.54. The second-order valence-corrected chi connectivity index (χ2v) is 6.02. The van der Waals surface area contributed by atoms with E-state index >= 15 is 0 Å². The molecule has 0 aliphatic heterocycles. The molecule has 0 aliphatic carbocycles. The molecular weight excluding hydrogens is 280 g/mol. The summed E-state index contributed by atoms with van der Waals surface area (Å²) in [4.78, 5) is 15.6. The van der Waals surface area contributed by atoms with E-state index in [1.807, 2.05) is 40.6 Å². The normalized spacial score (nSPS) is 10.6. The van der Waals surface area contributed by atoms with Crippen molar-refractivity contribution in [3.8, 4) is 0 Å². The van der Waals surface area contributed by atoms with Crippen molar-refractivity contribution in [2.75, 3.05) is 12.3 Å². The summed E-state index contributed by atoms with van der Waals surface area (Å²) in [5, 5.41) is 2.00. The fourth-order valence-corrected chi connectivity index (χ4v) is 3.34. The van der Waals surface area contributed by atoms with Crippen molar-refractivity contribution in [3.05, 3.63) is 51.7 Å². The average molecular weight is 302 g/mol. The Hall–Kier alpha value is -1.81. The van der Waals surface area contributed by atoms with Crippen LogP contribution in [0.5, 0.6) is 0 Å². The SMILES string of the molecule is CCCN(Cc1cccc(N)c1)C(=O)c1sccc1CC. The van der Waals surface area contributed by atoms with Crippen molar-refractivity contribution in [2.24, 2.45) is 0 Å². The van der Waals surface area contributed by atoms with Crippen molar-refractivity contribution in [2.45, 2.75) is 33.2 Å². The number of carbonyl (C=O) groups is 1. The molecule has 0 radical (unpaired) electrons. The van der Waals surface area contributed by atoms with Crippen molar-refractivity contribution in [1.82, 2.24) is 4.90 Å². The predicted molar refractivity (Wildman–Crippen MR) is 89.6 cm³/mol. The Morgan fingerprint density at radius 1 is 1.29 bits per heavy atom. The fourth-order valence-electron chi connectivity index (χ4n) is 2.38. The summed E-state index contributed by atoms with van der Waals surface area (Å²) < 4.78 is 0. The van der Waals surface area contributed by atoms with Crippen LogP contribution in [-0.4, -0.2) is 17.4 Å². The molecule has 0 bridgehead atoms. The van der Waals surface area contributed by atoms with Gasteiger partial charge in [0.05, 0.1) is 4.88 Å². The zero-order chi connectivity index (χ0) is 15.2.